The van der Waals surface area contributed by atoms with E-state index in [9.17, 15) is 18.5 Å². The Morgan fingerprint density at radius 2 is 2.00 bits per heavy atom. The third-order valence-corrected chi connectivity index (χ3v) is 6.63. The highest BCUT2D eigenvalue weighted by Crippen LogP contribution is 2.31. The van der Waals surface area contributed by atoms with Crippen LogP contribution in [0.1, 0.15) is 19.3 Å². The monoisotopic (exact) mass is 389 g/mol. The van der Waals surface area contributed by atoms with E-state index in [2.05, 4.69) is 21.2 Å². The van der Waals surface area contributed by atoms with Crippen molar-refractivity contribution >= 4 is 31.6 Å². The summed E-state index contributed by atoms with van der Waals surface area (Å²) in [6, 6.07) is 4.53. The van der Waals surface area contributed by atoms with Gasteiger partial charge in [0.15, 0.2) is 4.90 Å². The van der Waals surface area contributed by atoms with E-state index in [4.69, 9.17) is 0 Å². The Hall–Kier alpha value is -1.03. The molecule has 22 heavy (non-hydrogen) atoms. The number of nitro benzene ring substituents is 1. The molecule has 0 aromatic heterocycles. The zero-order valence-corrected chi connectivity index (χ0v) is 14.1. The summed E-state index contributed by atoms with van der Waals surface area (Å²) in [6.07, 6.45) is 2.75. The van der Waals surface area contributed by atoms with Crippen LogP contribution in [-0.2, 0) is 10.0 Å². The number of nitrogens with one attached hydrogen (secondary N) is 1. The van der Waals surface area contributed by atoms with E-state index in [1.54, 1.807) is 0 Å². The molecule has 1 N–H and O–H groups in total. The van der Waals surface area contributed by atoms with E-state index in [1.165, 1.54) is 22.5 Å². The Balaban J connectivity index is 1.98. The average Bonchev–Trinajstić information content (AvgIpc) is 2.77. The van der Waals surface area contributed by atoms with Gasteiger partial charge in [-0.15, -0.1) is 0 Å². The second-order valence-electron chi connectivity index (χ2n) is 5.66. The van der Waals surface area contributed by atoms with Gasteiger partial charge in [-0.3, -0.25) is 10.1 Å². The van der Waals surface area contributed by atoms with Crippen molar-refractivity contribution in [2.45, 2.75) is 36.2 Å². The summed E-state index contributed by atoms with van der Waals surface area (Å²) < 4.78 is 27.5. The largest absolute Gasteiger partial charge is 0.310 e. The zero-order chi connectivity index (χ0) is 15.9. The minimum atomic E-state index is -3.87. The zero-order valence-electron chi connectivity index (χ0n) is 11.7. The lowest BCUT2D eigenvalue weighted by molar-refractivity contribution is -0.387. The number of nitrogens with zero attached hydrogens (tertiary/aromatic N) is 2. The number of fused-ring (bicyclic) bond motifs is 2. The molecule has 2 fully saturated rings. The molecule has 1 aromatic rings. The SMILES string of the molecule is O=[N+]([O-])c1cc(Br)ccc1S(=O)(=O)N1CCC2CCC(C1)N2. The fourth-order valence-electron chi connectivity index (χ4n) is 3.12. The normalized spacial score (nSPS) is 25.9. The highest BCUT2D eigenvalue weighted by atomic mass is 79.9. The fraction of sp³-hybridized carbons (Fsp3) is 0.538. The van der Waals surface area contributed by atoms with Crippen molar-refractivity contribution in [1.82, 2.24) is 9.62 Å². The molecule has 2 unspecified atom stereocenters. The van der Waals surface area contributed by atoms with Gasteiger partial charge >= 0.3 is 0 Å². The molecule has 7 nitrogen and oxygen atoms in total. The van der Waals surface area contributed by atoms with E-state index in [-0.39, 0.29) is 10.9 Å². The van der Waals surface area contributed by atoms with Crippen LogP contribution in [-0.4, -0.2) is 42.8 Å². The molecule has 1 aromatic carbocycles. The van der Waals surface area contributed by atoms with Crippen LogP contribution in [0.4, 0.5) is 5.69 Å². The second-order valence-corrected chi connectivity index (χ2v) is 8.48. The first kappa shape index (κ1) is 15.9. The summed E-state index contributed by atoms with van der Waals surface area (Å²) in [5.41, 5.74) is -0.392. The highest BCUT2D eigenvalue weighted by Gasteiger charge is 2.37. The van der Waals surface area contributed by atoms with Crippen molar-refractivity contribution in [2.75, 3.05) is 13.1 Å². The lowest BCUT2D eigenvalue weighted by atomic mass is 10.1. The topological polar surface area (TPSA) is 92.5 Å². The lowest BCUT2D eigenvalue weighted by Crippen LogP contribution is -2.39. The predicted molar refractivity (Wildman–Crippen MR) is 84.1 cm³/mol. The van der Waals surface area contributed by atoms with Crippen LogP contribution >= 0.6 is 15.9 Å². The van der Waals surface area contributed by atoms with Gasteiger partial charge in [-0.25, -0.2) is 8.42 Å². The molecule has 120 valence electrons. The molecule has 0 spiro atoms. The molecule has 2 aliphatic rings. The lowest BCUT2D eigenvalue weighted by Gasteiger charge is -2.23. The summed E-state index contributed by atoms with van der Waals surface area (Å²) in [7, 11) is -3.87. The molecule has 0 saturated carbocycles. The number of nitro groups is 1. The molecule has 2 heterocycles. The third kappa shape index (κ3) is 2.90. The number of halogens is 1. The quantitative estimate of drug-likeness (QED) is 0.629. The van der Waals surface area contributed by atoms with E-state index < -0.39 is 20.6 Å². The Morgan fingerprint density at radius 1 is 1.27 bits per heavy atom. The van der Waals surface area contributed by atoms with Gasteiger partial charge in [-0.05, 0) is 31.4 Å². The van der Waals surface area contributed by atoms with Crippen LogP contribution in [0.2, 0.25) is 0 Å². The van der Waals surface area contributed by atoms with E-state index >= 15 is 0 Å². The van der Waals surface area contributed by atoms with Crippen molar-refractivity contribution in [1.29, 1.82) is 0 Å². The molecule has 0 radical (unpaired) electrons. The Kier molecular flexibility index (Phi) is 4.23. The van der Waals surface area contributed by atoms with Crippen molar-refractivity contribution in [3.63, 3.8) is 0 Å². The van der Waals surface area contributed by atoms with E-state index in [0.717, 1.165) is 19.3 Å². The van der Waals surface area contributed by atoms with Crippen LogP contribution < -0.4 is 5.32 Å². The van der Waals surface area contributed by atoms with Gasteiger partial charge in [0, 0.05) is 35.7 Å². The number of hydrogen-bond donors (Lipinski definition) is 1. The van der Waals surface area contributed by atoms with Gasteiger partial charge in [0.05, 0.1) is 4.92 Å². The van der Waals surface area contributed by atoms with Crippen molar-refractivity contribution in [2.24, 2.45) is 0 Å². The Labute approximate surface area is 137 Å². The van der Waals surface area contributed by atoms with Crippen molar-refractivity contribution in [3.8, 4) is 0 Å². The molecule has 0 amide bonds. The number of benzene rings is 1. The maximum absolute atomic E-state index is 12.8. The first-order valence-corrected chi connectivity index (χ1v) is 9.31. The Morgan fingerprint density at radius 3 is 2.73 bits per heavy atom. The summed E-state index contributed by atoms with van der Waals surface area (Å²) in [6.45, 7) is 0.760. The maximum atomic E-state index is 12.8. The van der Waals surface area contributed by atoms with Crippen LogP contribution in [0.5, 0.6) is 0 Å². The molecule has 3 rings (SSSR count). The smallest absolute Gasteiger partial charge is 0.290 e. The fourth-order valence-corrected chi connectivity index (χ4v) is 5.11. The number of rotatable bonds is 3. The first-order chi connectivity index (χ1) is 10.4. The highest BCUT2D eigenvalue weighted by molar-refractivity contribution is 9.10. The summed E-state index contributed by atoms with van der Waals surface area (Å²) in [4.78, 5) is 10.3. The number of hydrogen-bond acceptors (Lipinski definition) is 5. The minimum absolute atomic E-state index is 0.136. The summed E-state index contributed by atoms with van der Waals surface area (Å²) >= 11 is 3.14. The van der Waals surface area contributed by atoms with Gasteiger partial charge in [-0.2, -0.15) is 4.31 Å². The van der Waals surface area contributed by atoms with E-state index in [1.807, 2.05) is 0 Å². The Bertz CT molecular complexity index is 709. The van der Waals surface area contributed by atoms with Gasteiger partial charge in [0.1, 0.15) is 0 Å². The molecule has 2 bridgehead atoms. The molecule has 9 heteroatoms. The second kappa shape index (κ2) is 5.88. The summed E-state index contributed by atoms with van der Waals surface area (Å²) in [5, 5.41) is 14.6. The van der Waals surface area contributed by atoms with Gasteiger partial charge < -0.3 is 5.32 Å². The molecular formula is C13H16BrN3O4S. The van der Waals surface area contributed by atoms with Crippen LogP contribution in [0.15, 0.2) is 27.6 Å². The molecule has 0 aliphatic carbocycles. The molecule has 2 aliphatic heterocycles. The van der Waals surface area contributed by atoms with E-state index in [0.29, 0.717) is 23.6 Å². The van der Waals surface area contributed by atoms with Crippen LogP contribution in [0.25, 0.3) is 0 Å². The molecular weight excluding hydrogens is 374 g/mol. The van der Waals surface area contributed by atoms with Crippen molar-refractivity contribution < 1.29 is 13.3 Å². The predicted octanol–water partition coefficient (Wildman–Crippen LogP) is 1.87. The van der Waals surface area contributed by atoms with Crippen LogP contribution in [0.3, 0.4) is 0 Å². The molecule has 2 atom stereocenters. The van der Waals surface area contributed by atoms with Gasteiger partial charge in [-0.1, -0.05) is 15.9 Å². The maximum Gasteiger partial charge on any atom is 0.290 e. The average molecular weight is 390 g/mol. The van der Waals surface area contributed by atoms with Crippen molar-refractivity contribution in [3.05, 3.63) is 32.8 Å². The minimum Gasteiger partial charge on any atom is -0.310 e. The van der Waals surface area contributed by atoms with Crippen LogP contribution in [0, 0.1) is 10.1 Å². The standard InChI is InChI=1S/C13H16BrN3O4S/c14-9-1-4-13(12(7-9)17(18)19)22(20,21)16-6-5-10-2-3-11(8-16)15-10/h1,4,7,10-11,15H,2-3,5-6,8H2. The van der Waals surface area contributed by atoms with Gasteiger partial charge in [0.25, 0.3) is 5.69 Å². The molecule has 2 saturated heterocycles. The van der Waals surface area contributed by atoms with Gasteiger partial charge in [0.2, 0.25) is 10.0 Å². The number of sulfonamides is 1. The first-order valence-electron chi connectivity index (χ1n) is 7.08. The third-order valence-electron chi connectivity index (χ3n) is 4.22. The summed E-state index contributed by atoms with van der Waals surface area (Å²) in [5.74, 6) is 0.